The second-order valence-electron chi connectivity index (χ2n) is 3.46. The monoisotopic (exact) mass is 319 g/mol. The maximum atomic E-state index is 4.93. The molecule has 1 N–H and O–H groups in total. The van der Waals surface area contributed by atoms with E-state index in [4.69, 9.17) is 6.58 Å². The van der Waals surface area contributed by atoms with Crippen molar-refractivity contribution in [1.82, 2.24) is 4.98 Å². The van der Waals surface area contributed by atoms with Gasteiger partial charge in [-0.1, -0.05) is 47.0 Å². The number of aromatic amines is 1. The number of hydrogen-bond acceptors (Lipinski definition) is 0. The van der Waals surface area contributed by atoms with E-state index in [0.29, 0.717) is 0 Å². The Hall–Kier alpha value is -0.617. The van der Waals surface area contributed by atoms with E-state index in [-0.39, 0.29) is 19.5 Å². The Morgan fingerprint density at radius 1 is 1.18 bits per heavy atom. The van der Waals surface area contributed by atoms with Crippen LogP contribution < -0.4 is 0 Å². The fourth-order valence-corrected chi connectivity index (χ4v) is 1.63. The van der Waals surface area contributed by atoms with E-state index in [2.05, 4.69) is 32.0 Å². The van der Waals surface area contributed by atoms with Gasteiger partial charge in [0.1, 0.15) is 0 Å². The summed E-state index contributed by atoms with van der Waals surface area (Å²) < 4.78 is 0. The molecule has 1 aromatic rings. The number of H-pyrrole nitrogens is 1. The second-order valence-corrected chi connectivity index (χ2v) is 3.46. The van der Waals surface area contributed by atoms with Gasteiger partial charge in [0, 0.05) is 0 Å². The van der Waals surface area contributed by atoms with Crippen LogP contribution in [0.15, 0.2) is 18.2 Å². The van der Waals surface area contributed by atoms with E-state index in [1.807, 2.05) is 13.0 Å². The maximum Gasteiger partial charge on any atom is 2.00 e. The zero-order valence-corrected chi connectivity index (χ0v) is 13.0. The van der Waals surface area contributed by atoms with Crippen molar-refractivity contribution in [2.75, 3.05) is 0 Å². The van der Waals surface area contributed by atoms with E-state index in [1.165, 1.54) is 22.9 Å². The third kappa shape index (κ3) is 6.63. The summed E-state index contributed by atoms with van der Waals surface area (Å²) in [5.41, 5.74) is 4.21. The van der Waals surface area contributed by atoms with Crippen LogP contribution >= 0.6 is 0 Å². The molecule has 17 heavy (non-hydrogen) atoms. The summed E-state index contributed by atoms with van der Waals surface area (Å²) in [4.78, 5) is 3.20. The van der Waals surface area contributed by atoms with Gasteiger partial charge < -0.3 is 4.98 Å². The van der Waals surface area contributed by atoms with Crippen LogP contribution in [-0.4, -0.2) is 4.98 Å². The van der Waals surface area contributed by atoms with Gasteiger partial charge in [-0.05, 0) is 0 Å². The van der Waals surface area contributed by atoms with Crippen molar-refractivity contribution in [3.63, 3.8) is 0 Å². The molecule has 1 nitrogen and oxygen atoms in total. The third-order valence-electron chi connectivity index (χ3n) is 2.46. The van der Waals surface area contributed by atoms with Crippen molar-refractivity contribution < 1.29 is 19.5 Å². The van der Waals surface area contributed by atoms with Gasteiger partial charge >= 0.3 is 19.5 Å². The standard InChI is InChI=1S/C10H16N.C5H7.Ru/c1-4-8-7-11-10(6-3)9(8)5-2;1-3-5-4-2;/h11H,4-6H2,1-3H3;1,3-5H,2H3;/q2*-1;+2. The minimum absolute atomic E-state index is 0. The smallest absolute Gasteiger partial charge is 0.481 e. The summed E-state index contributed by atoms with van der Waals surface area (Å²) in [6.45, 7) is 13.4. The SMILES string of the molecule is CCc1[c-][nH]c(CC)c1CC.[CH-]=CC=CC.[Ru+2]. The molecule has 1 rings (SSSR count). The van der Waals surface area contributed by atoms with Crippen molar-refractivity contribution in [2.45, 2.75) is 47.0 Å². The molecule has 0 unspecified atom stereocenters. The van der Waals surface area contributed by atoms with Crippen LogP contribution in [0.3, 0.4) is 0 Å². The van der Waals surface area contributed by atoms with Gasteiger partial charge in [-0.25, -0.2) is 12.2 Å². The minimum Gasteiger partial charge on any atom is -0.481 e. The van der Waals surface area contributed by atoms with Gasteiger partial charge in [0.2, 0.25) is 0 Å². The van der Waals surface area contributed by atoms with E-state index >= 15 is 0 Å². The molecular weight excluding hydrogens is 295 g/mol. The summed E-state index contributed by atoms with van der Waals surface area (Å²) in [5, 5.41) is 0. The van der Waals surface area contributed by atoms with Crippen LogP contribution in [0.1, 0.15) is 44.5 Å². The number of rotatable bonds is 4. The molecule has 0 spiro atoms. The zero-order chi connectivity index (χ0) is 12.4. The predicted molar refractivity (Wildman–Crippen MR) is 71.4 cm³/mol. The molecule has 0 aliphatic rings. The Morgan fingerprint density at radius 2 is 1.82 bits per heavy atom. The van der Waals surface area contributed by atoms with E-state index in [1.54, 1.807) is 6.08 Å². The summed E-state index contributed by atoms with van der Waals surface area (Å²) >= 11 is 0. The average Bonchev–Trinajstić information content (AvgIpc) is 2.72. The Bertz CT molecular complexity index is 302. The third-order valence-corrected chi connectivity index (χ3v) is 2.46. The molecule has 0 saturated heterocycles. The van der Waals surface area contributed by atoms with Gasteiger partial charge in [0.05, 0.1) is 0 Å². The number of hydrogen-bond donors (Lipinski definition) is 1. The van der Waals surface area contributed by atoms with Crippen molar-refractivity contribution in [1.29, 1.82) is 0 Å². The Kier molecular flexibility index (Phi) is 13.1. The zero-order valence-electron chi connectivity index (χ0n) is 11.3. The number of nitrogens with one attached hydrogen (secondary N) is 1. The quantitative estimate of drug-likeness (QED) is 0.490. The van der Waals surface area contributed by atoms with E-state index in [9.17, 15) is 0 Å². The molecule has 1 aromatic heterocycles. The van der Waals surface area contributed by atoms with Crippen molar-refractivity contribution in [2.24, 2.45) is 0 Å². The molecule has 96 valence electrons. The van der Waals surface area contributed by atoms with E-state index < -0.39 is 0 Å². The van der Waals surface area contributed by atoms with E-state index in [0.717, 1.165) is 19.3 Å². The molecule has 0 fully saturated rings. The van der Waals surface area contributed by atoms with Gasteiger partial charge in [-0.2, -0.15) is 17.2 Å². The Labute approximate surface area is 119 Å². The maximum absolute atomic E-state index is 4.93. The molecule has 0 aliphatic carbocycles. The first-order chi connectivity index (χ1) is 7.74. The largest absolute Gasteiger partial charge is 2.00 e. The van der Waals surface area contributed by atoms with Gasteiger partial charge in [-0.3, -0.25) is 6.58 Å². The molecule has 0 atom stereocenters. The van der Waals surface area contributed by atoms with Gasteiger partial charge in [0.25, 0.3) is 0 Å². The Balaban J connectivity index is 0. The van der Waals surface area contributed by atoms with Crippen molar-refractivity contribution in [3.05, 3.63) is 47.8 Å². The van der Waals surface area contributed by atoms with Crippen LogP contribution in [0.4, 0.5) is 0 Å². The minimum atomic E-state index is 0. The van der Waals surface area contributed by atoms with Gasteiger partial charge in [-0.15, -0.1) is 11.9 Å². The average molecular weight is 318 g/mol. The fraction of sp³-hybridized carbons (Fsp3) is 0.467. The first-order valence-corrected chi connectivity index (χ1v) is 6.01. The van der Waals surface area contributed by atoms with Crippen LogP contribution in [-0.2, 0) is 38.7 Å². The van der Waals surface area contributed by atoms with Crippen LogP contribution in [0.25, 0.3) is 0 Å². The normalized spacial score (nSPS) is 9.41. The molecule has 2 heteroatoms. The number of aryl methyl sites for hydroxylation is 2. The predicted octanol–water partition coefficient (Wildman–Crippen LogP) is 4.05. The molecular formula is C15H23NRu. The summed E-state index contributed by atoms with van der Waals surface area (Å²) in [6, 6.07) is 0. The number of aromatic nitrogens is 1. The first-order valence-electron chi connectivity index (χ1n) is 6.01. The molecule has 0 radical (unpaired) electrons. The second kappa shape index (κ2) is 11.9. The topological polar surface area (TPSA) is 15.8 Å². The van der Waals surface area contributed by atoms with Crippen molar-refractivity contribution in [3.8, 4) is 0 Å². The molecule has 0 aromatic carbocycles. The number of allylic oxidation sites excluding steroid dienone is 3. The van der Waals surface area contributed by atoms with Crippen LogP contribution in [0.2, 0.25) is 0 Å². The summed E-state index contributed by atoms with van der Waals surface area (Å²) in [5.74, 6) is 0. The molecule has 0 bridgehead atoms. The Morgan fingerprint density at radius 3 is 2.12 bits per heavy atom. The molecule has 0 aliphatic heterocycles. The molecule has 1 heterocycles. The van der Waals surface area contributed by atoms with Crippen LogP contribution in [0, 0.1) is 12.8 Å². The molecule has 0 saturated carbocycles. The summed E-state index contributed by atoms with van der Waals surface area (Å²) in [7, 11) is 0. The van der Waals surface area contributed by atoms with Crippen molar-refractivity contribution >= 4 is 0 Å². The first kappa shape index (κ1) is 18.7. The summed E-state index contributed by atoms with van der Waals surface area (Å²) in [6.07, 6.45) is 11.7. The van der Waals surface area contributed by atoms with Gasteiger partial charge in [0.15, 0.2) is 0 Å². The fourth-order valence-electron chi connectivity index (χ4n) is 1.63. The molecule has 0 amide bonds. The van der Waals surface area contributed by atoms with Crippen LogP contribution in [0.5, 0.6) is 0 Å².